The smallest absolute Gasteiger partial charge is 1.00 e. The monoisotopic (exact) mass is 434 g/mol. The number of rotatable bonds is 8. The first kappa shape index (κ1) is 23.2. The van der Waals surface area contributed by atoms with Crippen molar-refractivity contribution >= 4 is 3.71 Å². The fourth-order valence-corrected chi connectivity index (χ4v) is 9.13. The Kier molecular flexibility index (Phi) is 12.7. The third-order valence-electron chi connectivity index (χ3n) is 4.12. The number of hydrogen-bond donors (Lipinski definition) is 2. The normalized spacial score (nSPS) is 15.4. The van der Waals surface area contributed by atoms with Crippen molar-refractivity contribution in [2.24, 2.45) is 0 Å². The van der Waals surface area contributed by atoms with Crippen molar-refractivity contribution in [2.45, 2.75) is 45.4 Å². The van der Waals surface area contributed by atoms with E-state index in [0.29, 0.717) is 0 Å². The largest absolute Gasteiger partial charge is 1.00 e. The Morgan fingerprint density at radius 1 is 0.913 bits per heavy atom. The molecule has 0 radical (unpaired) electrons. The number of allylic oxidation sites excluding steroid dienone is 8. The Morgan fingerprint density at radius 3 is 1.70 bits per heavy atom. The molecule has 0 atom stereocenters. The van der Waals surface area contributed by atoms with E-state index in [1.807, 2.05) is 0 Å². The van der Waals surface area contributed by atoms with Crippen LogP contribution in [0.1, 0.15) is 45.4 Å². The Morgan fingerprint density at radius 2 is 1.35 bits per heavy atom. The first-order valence-corrected chi connectivity index (χ1v) is 11.8. The summed E-state index contributed by atoms with van der Waals surface area (Å²) >= 11 is -1.73. The second-order valence-electron chi connectivity index (χ2n) is 5.66. The summed E-state index contributed by atoms with van der Waals surface area (Å²) in [6.07, 6.45) is 15.6. The third kappa shape index (κ3) is 6.92. The first-order chi connectivity index (χ1) is 10.3. The molecule has 128 valence electrons. The van der Waals surface area contributed by atoms with E-state index in [1.54, 1.807) is 6.56 Å². The van der Waals surface area contributed by atoms with E-state index in [9.17, 15) is 0 Å². The van der Waals surface area contributed by atoms with E-state index in [0.717, 1.165) is 38.5 Å². The van der Waals surface area contributed by atoms with Gasteiger partial charge in [0.1, 0.15) is 0 Å². The summed E-state index contributed by atoms with van der Waals surface area (Å²) < 4.78 is 5.85. The van der Waals surface area contributed by atoms with Crippen LogP contribution in [-0.4, -0.2) is 27.1 Å². The molecule has 2 N–H and O–H groups in total. The summed E-state index contributed by atoms with van der Waals surface area (Å²) in [7, 11) is 0. The molecule has 0 aromatic carbocycles. The van der Waals surface area contributed by atoms with Crippen LogP contribution >= 0.6 is 0 Å². The Hall–Kier alpha value is 0.213. The predicted molar refractivity (Wildman–Crippen MR) is 85.9 cm³/mol. The standard InChI is InChI=1S/2C8H11O.C2H4.2ClH.Zr/c2*9-7-3-6-8-4-1-2-5-8;1-2;;;/h2*4-5,9H,1,3,6-7H2;1H,2H3;2*1H;/q;;;;;+2/p-2. The van der Waals surface area contributed by atoms with Gasteiger partial charge in [0.05, 0.1) is 0 Å². The summed E-state index contributed by atoms with van der Waals surface area (Å²) in [6.45, 7) is 2.80. The van der Waals surface area contributed by atoms with Gasteiger partial charge in [0.2, 0.25) is 0 Å². The Bertz CT molecular complexity index is 487. The van der Waals surface area contributed by atoms with Crippen LogP contribution in [0.3, 0.4) is 0 Å². The fraction of sp³-hybridized carbons (Fsp3) is 0.500. The van der Waals surface area contributed by atoms with Gasteiger partial charge in [-0.3, -0.25) is 0 Å². The number of hydrogen-bond acceptors (Lipinski definition) is 2. The summed E-state index contributed by atoms with van der Waals surface area (Å²) in [6, 6.07) is 0. The minimum absolute atomic E-state index is 0. The summed E-state index contributed by atoms with van der Waals surface area (Å²) in [5, 5.41) is 17.9. The van der Waals surface area contributed by atoms with Crippen LogP contribution in [-0.2, 0) is 21.3 Å². The Labute approximate surface area is 160 Å². The minimum Gasteiger partial charge on any atom is -1.00 e. The molecule has 0 unspecified atom stereocenters. The van der Waals surface area contributed by atoms with Gasteiger partial charge in [-0.2, -0.15) is 0 Å². The zero-order chi connectivity index (χ0) is 15.1. The van der Waals surface area contributed by atoms with Crippen LogP contribution < -0.4 is 24.8 Å². The molecule has 23 heavy (non-hydrogen) atoms. The van der Waals surface area contributed by atoms with E-state index in [4.69, 9.17) is 10.2 Å². The van der Waals surface area contributed by atoms with E-state index in [2.05, 4.69) is 34.9 Å². The molecule has 0 bridgehead atoms. The molecule has 0 heterocycles. The summed E-state index contributed by atoms with van der Waals surface area (Å²) in [5.41, 5.74) is 2.84. The molecule has 0 aliphatic heterocycles. The van der Waals surface area contributed by atoms with Gasteiger partial charge in [0.15, 0.2) is 0 Å². The zero-order valence-corrected chi connectivity index (χ0v) is 17.7. The van der Waals surface area contributed by atoms with Crippen molar-refractivity contribution in [1.29, 1.82) is 0 Å². The third-order valence-corrected chi connectivity index (χ3v) is 10.6. The maximum atomic E-state index is 8.94. The number of halogens is 2. The minimum atomic E-state index is -1.73. The van der Waals surface area contributed by atoms with E-state index < -0.39 is 21.3 Å². The van der Waals surface area contributed by atoms with Crippen molar-refractivity contribution in [3.05, 3.63) is 42.0 Å². The van der Waals surface area contributed by atoms with Gasteiger partial charge in [-0.15, -0.1) is 0 Å². The molecular formula is C18H26Cl2O2Zr. The molecule has 0 saturated carbocycles. The molecular weight excluding hydrogens is 410 g/mol. The van der Waals surface area contributed by atoms with Gasteiger partial charge in [-0.25, -0.2) is 0 Å². The second-order valence-corrected chi connectivity index (χ2v) is 12.3. The molecule has 0 saturated heterocycles. The molecule has 5 heteroatoms. The van der Waals surface area contributed by atoms with Crippen LogP contribution in [0.5, 0.6) is 0 Å². The Balaban J connectivity index is 0.00000242. The van der Waals surface area contributed by atoms with Crippen LogP contribution in [0.2, 0.25) is 0 Å². The van der Waals surface area contributed by atoms with Gasteiger partial charge < -0.3 is 24.8 Å². The molecule has 0 aromatic rings. The molecule has 2 rings (SSSR count). The van der Waals surface area contributed by atoms with Gasteiger partial charge in [0.25, 0.3) is 0 Å². The topological polar surface area (TPSA) is 40.5 Å². The molecule has 0 fully saturated rings. The van der Waals surface area contributed by atoms with Gasteiger partial charge >= 0.3 is 136 Å². The van der Waals surface area contributed by atoms with Gasteiger partial charge in [-0.05, 0) is 0 Å². The molecule has 2 nitrogen and oxygen atoms in total. The molecule has 0 amide bonds. The maximum Gasteiger partial charge on any atom is -1.00 e. The molecule has 0 spiro atoms. The molecule has 0 aromatic heterocycles. The van der Waals surface area contributed by atoms with E-state index >= 15 is 0 Å². The molecule has 2 aliphatic rings. The average Bonchev–Trinajstić information content (AvgIpc) is 3.14. The van der Waals surface area contributed by atoms with Crippen LogP contribution in [0, 0.1) is 0 Å². The van der Waals surface area contributed by atoms with Gasteiger partial charge in [0, 0.05) is 0 Å². The van der Waals surface area contributed by atoms with Gasteiger partial charge in [-0.1, -0.05) is 0 Å². The summed E-state index contributed by atoms with van der Waals surface area (Å²) in [5.74, 6) is 0. The van der Waals surface area contributed by atoms with E-state index in [1.165, 1.54) is 11.1 Å². The number of aliphatic hydroxyl groups is 2. The first-order valence-electron chi connectivity index (χ1n) is 7.96. The van der Waals surface area contributed by atoms with Crippen molar-refractivity contribution < 1.29 is 56.3 Å². The second kappa shape index (κ2) is 12.6. The summed E-state index contributed by atoms with van der Waals surface area (Å²) in [4.78, 5) is 0. The van der Waals surface area contributed by atoms with Crippen LogP contribution in [0.15, 0.2) is 42.0 Å². The van der Waals surface area contributed by atoms with Crippen molar-refractivity contribution in [1.82, 2.24) is 0 Å². The van der Waals surface area contributed by atoms with Crippen molar-refractivity contribution in [3.8, 4) is 0 Å². The average molecular weight is 437 g/mol. The van der Waals surface area contributed by atoms with E-state index in [-0.39, 0.29) is 38.0 Å². The SMILES string of the molecule is C[CH]=[Zr+2]([C]1=CC(CCCO)=CC1)[C]1=CC(CCCO)=CC1.[Cl-].[Cl-]. The van der Waals surface area contributed by atoms with Crippen LogP contribution in [0.25, 0.3) is 0 Å². The predicted octanol–water partition coefficient (Wildman–Crippen LogP) is -2.59. The molecule has 2 aliphatic carbocycles. The number of aliphatic hydroxyl groups excluding tert-OH is 2. The quantitative estimate of drug-likeness (QED) is 0.439. The van der Waals surface area contributed by atoms with Crippen molar-refractivity contribution in [2.75, 3.05) is 13.2 Å². The van der Waals surface area contributed by atoms with Crippen LogP contribution in [0.4, 0.5) is 0 Å². The zero-order valence-electron chi connectivity index (χ0n) is 13.7. The maximum absolute atomic E-state index is 8.94. The fourth-order valence-electron chi connectivity index (χ4n) is 3.03. The van der Waals surface area contributed by atoms with Crippen molar-refractivity contribution in [3.63, 3.8) is 0 Å².